The van der Waals surface area contributed by atoms with Gasteiger partial charge in [-0.25, -0.2) is 4.98 Å². The lowest BCUT2D eigenvalue weighted by atomic mass is 10.1. The molecule has 88 valence electrons. The second kappa shape index (κ2) is 4.76. The highest BCUT2D eigenvalue weighted by atomic mass is 16.1. The van der Waals surface area contributed by atoms with Crippen LogP contribution < -0.4 is 11.3 Å². The number of H-pyrrole nitrogens is 1. The van der Waals surface area contributed by atoms with Gasteiger partial charge in [-0.3, -0.25) is 9.69 Å². The normalized spacial score (nSPS) is 16.1. The fourth-order valence-electron chi connectivity index (χ4n) is 2.14. The Morgan fingerprint density at radius 1 is 1.56 bits per heavy atom. The molecule has 2 rings (SSSR count). The van der Waals surface area contributed by atoms with Gasteiger partial charge in [-0.15, -0.1) is 0 Å². The van der Waals surface area contributed by atoms with Crippen LogP contribution in [-0.2, 0) is 19.5 Å². The van der Waals surface area contributed by atoms with Crippen LogP contribution in [-0.4, -0.2) is 28.0 Å². The summed E-state index contributed by atoms with van der Waals surface area (Å²) in [5.74, 6) is 0.590. The molecule has 0 spiro atoms. The molecular weight excluding hydrogens is 204 g/mol. The molecule has 3 N–H and O–H groups in total. The number of aromatic amines is 1. The van der Waals surface area contributed by atoms with Crippen LogP contribution in [0.2, 0.25) is 0 Å². The van der Waals surface area contributed by atoms with Crippen molar-refractivity contribution in [2.75, 3.05) is 13.1 Å². The fraction of sp³-hybridized carbons (Fsp3) is 0.636. The maximum atomic E-state index is 11.8. The molecule has 0 fully saturated rings. The van der Waals surface area contributed by atoms with Crippen LogP contribution >= 0.6 is 0 Å². The Balaban J connectivity index is 2.29. The molecule has 0 aliphatic carbocycles. The lowest BCUT2D eigenvalue weighted by Gasteiger charge is -2.27. The molecule has 0 bridgehead atoms. The largest absolute Gasteiger partial charge is 0.324 e. The molecule has 0 aromatic carbocycles. The monoisotopic (exact) mass is 222 g/mol. The number of nitrogens with one attached hydrogen (secondary N) is 1. The van der Waals surface area contributed by atoms with Crippen molar-refractivity contribution in [3.63, 3.8) is 0 Å². The Bertz CT molecular complexity index is 426. The molecule has 1 aromatic heterocycles. The summed E-state index contributed by atoms with van der Waals surface area (Å²) in [6.07, 6.45) is 1.97. The van der Waals surface area contributed by atoms with Crippen LogP contribution in [0.25, 0.3) is 0 Å². The van der Waals surface area contributed by atoms with Gasteiger partial charge in [-0.2, -0.15) is 0 Å². The molecule has 0 saturated carbocycles. The minimum absolute atomic E-state index is 0.0220. The average Bonchev–Trinajstić information content (AvgIpc) is 2.30. The highest BCUT2D eigenvalue weighted by Gasteiger charge is 2.19. The SMILES string of the molecule is CCCN1CCc2nc(CN)[nH]c(=O)c2C1. The quantitative estimate of drug-likeness (QED) is 0.754. The van der Waals surface area contributed by atoms with Crippen LogP contribution in [0.5, 0.6) is 0 Å². The molecule has 1 aliphatic heterocycles. The van der Waals surface area contributed by atoms with Crippen LogP contribution in [0.3, 0.4) is 0 Å². The summed E-state index contributed by atoms with van der Waals surface area (Å²) in [5.41, 5.74) is 7.21. The number of rotatable bonds is 3. The van der Waals surface area contributed by atoms with Gasteiger partial charge in [0.25, 0.3) is 5.56 Å². The summed E-state index contributed by atoms with van der Waals surface area (Å²) in [6, 6.07) is 0. The van der Waals surface area contributed by atoms with Gasteiger partial charge in [0.15, 0.2) is 0 Å². The molecule has 5 nitrogen and oxygen atoms in total. The lowest BCUT2D eigenvalue weighted by molar-refractivity contribution is 0.250. The predicted molar refractivity (Wildman–Crippen MR) is 62.0 cm³/mol. The number of nitrogens with zero attached hydrogens (tertiary/aromatic N) is 2. The highest BCUT2D eigenvalue weighted by molar-refractivity contribution is 5.20. The smallest absolute Gasteiger partial charge is 0.255 e. The van der Waals surface area contributed by atoms with Crippen LogP contribution in [0.1, 0.15) is 30.4 Å². The van der Waals surface area contributed by atoms with E-state index in [9.17, 15) is 4.79 Å². The van der Waals surface area contributed by atoms with Crippen LogP contribution in [0, 0.1) is 0 Å². The topological polar surface area (TPSA) is 75.0 Å². The first-order valence-corrected chi connectivity index (χ1v) is 5.78. The van der Waals surface area contributed by atoms with Gasteiger partial charge in [-0.1, -0.05) is 6.92 Å². The molecule has 2 heterocycles. The average molecular weight is 222 g/mol. The molecular formula is C11H18N4O. The third-order valence-electron chi connectivity index (χ3n) is 2.93. The first kappa shape index (κ1) is 11.3. The molecule has 0 radical (unpaired) electrons. The first-order valence-electron chi connectivity index (χ1n) is 5.78. The number of fused-ring (bicyclic) bond motifs is 1. The van der Waals surface area contributed by atoms with Crippen LogP contribution in [0.4, 0.5) is 0 Å². The number of hydrogen-bond acceptors (Lipinski definition) is 4. The molecule has 0 atom stereocenters. The summed E-state index contributed by atoms with van der Waals surface area (Å²) in [4.78, 5) is 21.2. The minimum atomic E-state index is -0.0220. The second-order valence-electron chi connectivity index (χ2n) is 4.17. The zero-order valence-corrected chi connectivity index (χ0v) is 9.62. The molecule has 1 aliphatic rings. The van der Waals surface area contributed by atoms with Crippen LogP contribution in [0.15, 0.2) is 4.79 Å². The first-order chi connectivity index (χ1) is 7.74. The summed E-state index contributed by atoms with van der Waals surface area (Å²) in [6.45, 7) is 5.19. The number of nitrogens with two attached hydrogens (primary N) is 1. The minimum Gasteiger partial charge on any atom is -0.324 e. The van der Waals surface area contributed by atoms with Crippen molar-refractivity contribution in [3.8, 4) is 0 Å². The van der Waals surface area contributed by atoms with Crippen molar-refractivity contribution in [2.45, 2.75) is 32.9 Å². The second-order valence-corrected chi connectivity index (χ2v) is 4.17. The molecule has 0 unspecified atom stereocenters. The van der Waals surface area contributed by atoms with E-state index in [-0.39, 0.29) is 5.56 Å². The van der Waals surface area contributed by atoms with E-state index in [1.807, 2.05) is 0 Å². The van der Waals surface area contributed by atoms with Gasteiger partial charge in [0.1, 0.15) is 5.82 Å². The zero-order valence-electron chi connectivity index (χ0n) is 9.62. The highest BCUT2D eigenvalue weighted by Crippen LogP contribution is 2.13. The van der Waals surface area contributed by atoms with Crippen molar-refractivity contribution in [1.29, 1.82) is 0 Å². The van der Waals surface area contributed by atoms with Gasteiger partial charge in [0.05, 0.1) is 17.8 Å². The Morgan fingerprint density at radius 3 is 3.06 bits per heavy atom. The Morgan fingerprint density at radius 2 is 2.38 bits per heavy atom. The van der Waals surface area contributed by atoms with Gasteiger partial charge in [0.2, 0.25) is 0 Å². The third-order valence-corrected chi connectivity index (χ3v) is 2.93. The lowest BCUT2D eigenvalue weighted by Crippen LogP contribution is -2.36. The molecule has 16 heavy (non-hydrogen) atoms. The van der Waals surface area contributed by atoms with Crippen molar-refractivity contribution < 1.29 is 0 Å². The van der Waals surface area contributed by atoms with E-state index in [1.54, 1.807) is 0 Å². The van der Waals surface area contributed by atoms with Gasteiger partial charge in [0, 0.05) is 19.5 Å². The Hall–Kier alpha value is -1.20. The van der Waals surface area contributed by atoms with E-state index < -0.39 is 0 Å². The van der Waals surface area contributed by atoms with Gasteiger partial charge in [-0.05, 0) is 13.0 Å². The maximum absolute atomic E-state index is 11.8. The Labute approximate surface area is 94.7 Å². The number of hydrogen-bond donors (Lipinski definition) is 2. The molecule has 0 saturated heterocycles. The van der Waals surface area contributed by atoms with Crippen molar-refractivity contribution in [3.05, 3.63) is 27.4 Å². The van der Waals surface area contributed by atoms with Gasteiger partial charge < -0.3 is 10.7 Å². The number of aromatic nitrogens is 2. The van der Waals surface area contributed by atoms with E-state index in [0.29, 0.717) is 12.4 Å². The van der Waals surface area contributed by atoms with Crippen molar-refractivity contribution in [1.82, 2.24) is 14.9 Å². The molecule has 0 amide bonds. The maximum Gasteiger partial charge on any atom is 0.255 e. The summed E-state index contributed by atoms with van der Waals surface area (Å²) in [5, 5.41) is 0. The van der Waals surface area contributed by atoms with E-state index in [0.717, 1.165) is 43.7 Å². The van der Waals surface area contributed by atoms with Crippen molar-refractivity contribution >= 4 is 0 Å². The van der Waals surface area contributed by atoms with E-state index in [1.165, 1.54) is 0 Å². The van der Waals surface area contributed by atoms with E-state index in [4.69, 9.17) is 5.73 Å². The zero-order chi connectivity index (χ0) is 11.5. The standard InChI is InChI=1S/C11H18N4O/c1-2-4-15-5-3-9-8(7-15)11(16)14-10(6-12)13-9/h2-7,12H2,1H3,(H,13,14,16). The van der Waals surface area contributed by atoms with E-state index in [2.05, 4.69) is 21.8 Å². The van der Waals surface area contributed by atoms with E-state index >= 15 is 0 Å². The predicted octanol–water partition coefficient (Wildman–Crippen LogP) is -0.00330. The molecule has 5 heteroatoms. The summed E-state index contributed by atoms with van der Waals surface area (Å²) < 4.78 is 0. The Kier molecular flexibility index (Phi) is 3.36. The third kappa shape index (κ3) is 2.15. The summed E-state index contributed by atoms with van der Waals surface area (Å²) in [7, 11) is 0. The summed E-state index contributed by atoms with van der Waals surface area (Å²) >= 11 is 0. The van der Waals surface area contributed by atoms with Crippen molar-refractivity contribution in [2.24, 2.45) is 5.73 Å². The molecule has 1 aromatic rings. The fourth-order valence-corrected chi connectivity index (χ4v) is 2.14. The van der Waals surface area contributed by atoms with Gasteiger partial charge >= 0.3 is 0 Å².